The zero-order chi connectivity index (χ0) is 20.6. The van der Waals surface area contributed by atoms with Crippen LogP contribution in [0, 0.1) is 5.82 Å². The Bertz CT molecular complexity index is 985. The van der Waals surface area contributed by atoms with Gasteiger partial charge in [0.25, 0.3) is 0 Å². The zero-order valence-electron chi connectivity index (χ0n) is 15.8. The number of aliphatic carboxylic acids is 1. The largest absolute Gasteiger partial charge is 0.486 e. The average Bonchev–Trinajstić information content (AvgIpc) is 2.73. The van der Waals surface area contributed by atoms with Crippen molar-refractivity contribution in [3.8, 4) is 16.9 Å². The van der Waals surface area contributed by atoms with Gasteiger partial charge < -0.3 is 14.6 Å². The van der Waals surface area contributed by atoms with E-state index in [2.05, 4.69) is 0 Å². The van der Waals surface area contributed by atoms with Crippen molar-refractivity contribution in [1.29, 1.82) is 0 Å². The minimum Gasteiger partial charge on any atom is -0.486 e. The minimum absolute atomic E-state index is 0.0260. The van der Waals surface area contributed by atoms with E-state index in [0.29, 0.717) is 11.8 Å². The number of carboxylic acid groups (broad SMARTS) is 1. The number of rotatable bonds is 9. The summed E-state index contributed by atoms with van der Waals surface area (Å²) >= 11 is 0. The molecule has 0 amide bonds. The van der Waals surface area contributed by atoms with Gasteiger partial charge in [0.15, 0.2) is 11.6 Å². The molecule has 29 heavy (non-hydrogen) atoms. The number of carboxylic acids is 1. The first-order valence-corrected chi connectivity index (χ1v) is 9.29. The first-order chi connectivity index (χ1) is 14.1. The van der Waals surface area contributed by atoms with Gasteiger partial charge >= 0.3 is 5.97 Å². The standard InChI is InChI=1S/C24H21FO4/c25-22-14-20(21(11-12-26)15-24(27)28)9-10-23(22)29-16-17-5-4-8-19(13-17)18-6-2-1-3-7-18/h1-10,12-14,21H,11,15-16H2,(H,27,28). The second-order valence-corrected chi connectivity index (χ2v) is 6.74. The quantitative estimate of drug-likeness (QED) is 0.507. The third kappa shape index (κ3) is 5.51. The minimum atomic E-state index is -1.03. The maximum atomic E-state index is 14.5. The van der Waals surface area contributed by atoms with E-state index in [1.54, 1.807) is 6.07 Å². The number of carbonyl (C=O) groups is 2. The lowest BCUT2D eigenvalue weighted by molar-refractivity contribution is -0.137. The fourth-order valence-electron chi connectivity index (χ4n) is 3.18. The molecule has 0 spiro atoms. The Kier molecular flexibility index (Phi) is 6.74. The smallest absolute Gasteiger partial charge is 0.303 e. The van der Waals surface area contributed by atoms with Crippen LogP contribution in [0.2, 0.25) is 0 Å². The summed E-state index contributed by atoms with van der Waals surface area (Å²) in [4.78, 5) is 21.8. The van der Waals surface area contributed by atoms with Crippen molar-refractivity contribution in [1.82, 2.24) is 0 Å². The van der Waals surface area contributed by atoms with E-state index in [1.807, 2.05) is 54.6 Å². The fourth-order valence-corrected chi connectivity index (χ4v) is 3.18. The highest BCUT2D eigenvalue weighted by molar-refractivity contribution is 5.69. The maximum absolute atomic E-state index is 14.5. The van der Waals surface area contributed by atoms with E-state index < -0.39 is 17.7 Å². The molecule has 0 heterocycles. The van der Waals surface area contributed by atoms with Gasteiger partial charge in [-0.15, -0.1) is 0 Å². The predicted molar refractivity (Wildman–Crippen MR) is 108 cm³/mol. The Morgan fingerprint density at radius 3 is 2.45 bits per heavy atom. The highest BCUT2D eigenvalue weighted by Crippen LogP contribution is 2.28. The molecule has 1 unspecified atom stereocenters. The molecule has 3 rings (SSSR count). The summed E-state index contributed by atoms with van der Waals surface area (Å²) in [6.07, 6.45) is 0.443. The molecule has 0 fully saturated rings. The topological polar surface area (TPSA) is 63.6 Å². The van der Waals surface area contributed by atoms with Crippen molar-refractivity contribution < 1.29 is 23.8 Å². The molecule has 1 N–H and O–H groups in total. The lowest BCUT2D eigenvalue weighted by atomic mass is 9.93. The Balaban J connectivity index is 1.71. The van der Waals surface area contributed by atoms with Crippen LogP contribution in [0.1, 0.15) is 29.9 Å². The van der Waals surface area contributed by atoms with Crippen molar-refractivity contribution >= 4 is 12.3 Å². The van der Waals surface area contributed by atoms with Gasteiger partial charge in [0.1, 0.15) is 12.9 Å². The van der Waals surface area contributed by atoms with E-state index in [0.717, 1.165) is 16.7 Å². The second-order valence-electron chi connectivity index (χ2n) is 6.74. The van der Waals surface area contributed by atoms with Crippen molar-refractivity contribution in [2.75, 3.05) is 0 Å². The number of hydrogen-bond acceptors (Lipinski definition) is 3. The Hall–Kier alpha value is -3.47. The van der Waals surface area contributed by atoms with E-state index in [1.165, 1.54) is 12.1 Å². The van der Waals surface area contributed by atoms with Crippen LogP contribution in [-0.4, -0.2) is 17.4 Å². The lowest BCUT2D eigenvalue weighted by Crippen LogP contribution is -2.08. The number of hydrogen-bond donors (Lipinski definition) is 1. The van der Waals surface area contributed by atoms with Gasteiger partial charge in [-0.25, -0.2) is 4.39 Å². The Morgan fingerprint density at radius 1 is 1.00 bits per heavy atom. The molecule has 4 nitrogen and oxygen atoms in total. The molecule has 0 aromatic heterocycles. The SMILES string of the molecule is O=CCC(CC(=O)O)c1ccc(OCc2cccc(-c3ccccc3)c2)c(F)c1. The molecule has 3 aromatic carbocycles. The number of ether oxygens (including phenoxy) is 1. The molecule has 0 bridgehead atoms. The third-order valence-electron chi connectivity index (χ3n) is 4.66. The van der Waals surface area contributed by atoms with Crippen molar-refractivity contribution in [2.45, 2.75) is 25.4 Å². The molecule has 1 atom stereocenters. The molecular formula is C24H21FO4. The van der Waals surface area contributed by atoms with Crippen LogP contribution < -0.4 is 4.74 Å². The molecular weight excluding hydrogens is 371 g/mol. The molecule has 5 heteroatoms. The monoisotopic (exact) mass is 392 g/mol. The van der Waals surface area contributed by atoms with E-state index in [-0.39, 0.29) is 25.2 Å². The summed E-state index contributed by atoms with van der Waals surface area (Å²) < 4.78 is 20.1. The van der Waals surface area contributed by atoms with Crippen LogP contribution in [-0.2, 0) is 16.2 Å². The predicted octanol–water partition coefficient (Wildman–Crippen LogP) is 5.22. The average molecular weight is 392 g/mol. The Morgan fingerprint density at radius 2 is 1.76 bits per heavy atom. The van der Waals surface area contributed by atoms with Gasteiger partial charge in [0.05, 0.1) is 6.42 Å². The van der Waals surface area contributed by atoms with Crippen LogP contribution in [0.25, 0.3) is 11.1 Å². The number of aldehydes is 1. The van der Waals surface area contributed by atoms with E-state index >= 15 is 0 Å². The van der Waals surface area contributed by atoms with Gasteiger partial charge in [-0.2, -0.15) is 0 Å². The molecule has 0 aliphatic heterocycles. The van der Waals surface area contributed by atoms with Crippen molar-refractivity contribution in [3.05, 3.63) is 89.7 Å². The molecule has 0 saturated carbocycles. The lowest BCUT2D eigenvalue weighted by Gasteiger charge is -2.14. The molecule has 3 aromatic rings. The van der Waals surface area contributed by atoms with Crippen LogP contribution in [0.3, 0.4) is 0 Å². The van der Waals surface area contributed by atoms with Crippen LogP contribution in [0.5, 0.6) is 5.75 Å². The Labute approximate surface area is 168 Å². The summed E-state index contributed by atoms with van der Waals surface area (Å²) in [7, 11) is 0. The molecule has 0 saturated heterocycles. The van der Waals surface area contributed by atoms with Crippen molar-refractivity contribution in [3.63, 3.8) is 0 Å². The van der Waals surface area contributed by atoms with Crippen LogP contribution >= 0.6 is 0 Å². The second kappa shape index (κ2) is 9.64. The van der Waals surface area contributed by atoms with Crippen LogP contribution in [0.4, 0.5) is 4.39 Å². The highest BCUT2D eigenvalue weighted by Gasteiger charge is 2.17. The number of halogens is 1. The van der Waals surface area contributed by atoms with Crippen molar-refractivity contribution in [2.24, 2.45) is 0 Å². The summed E-state index contributed by atoms with van der Waals surface area (Å²) in [5.41, 5.74) is 3.51. The zero-order valence-corrected chi connectivity index (χ0v) is 15.8. The van der Waals surface area contributed by atoms with E-state index in [4.69, 9.17) is 9.84 Å². The summed E-state index contributed by atoms with van der Waals surface area (Å²) in [6, 6.07) is 22.1. The van der Waals surface area contributed by atoms with Gasteiger partial charge in [0.2, 0.25) is 0 Å². The summed E-state index contributed by atoms with van der Waals surface area (Å²) in [6.45, 7) is 0.198. The molecule has 0 aliphatic carbocycles. The van der Waals surface area contributed by atoms with Gasteiger partial charge in [-0.05, 0) is 40.5 Å². The number of benzene rings is 3. The summed E-state index contributed by atoms with van der Waals surface area (Å²) in [5.74, 6) is -2.09. The maximum Gasteiger partial charge on any atom is 0.303 e. The molecule has 0 aliphatic rings. The van der Waals surface area contributed by atoms with E-state index in [9.17, 15) is 14.0 Å². The highest BCUT2D eigenvalue weighted by atomic mass is 19.1. The molecule has 148 valence electrons. The van der Waals surface area contributed by atoms with Gasteiger partial charge in [0, 0.05) is 12.3 Å². The fraction of sp³-hybridized carbons (Fsp3) is 0.167. The normalized spacial score (nSPS) is 11.6. The third-order valence-corrected chi connectivity index (χ3v) is 4.66. The van der Waals surface area contributed by atoms with Crippen LogP contribution in [0.15, 0.2) is 72.8 Å². The number of carbonyl (C=O) groups excluding carboxylic acids is 1. The first kappa shape index (κ1) is 20.3. The first-order valence-electron chi connectivity index (χ1n) is 9.29. The summed E-state index contributed by atoms with van der Waals surface area (Å²) in [5, 5.41) is 8.98. The van der Waals surface area contributed by atoms with Gasteiger partial charge in [-0.1, -0.05) is 54.6 Å². The molecule has 0 radical (unpaired) electrons. The van der Waals surface area contributed by atoms with Gasteiger partial charge in [-0.3, -0.25) is 4.79 Å².